The summed E-state index contributed by atoms with van der Waals surface area (Å²) < 4.78 is 0. The lowest BCUT2D eigenvalue weighted by Crippen LogP contribution is -2.35. The number of hydrogen-bond donors (Lipinski definition) is 2. The highest BCUT2D eigenvalue weighted by Gasteiger charge is 2.40. The molecule has 0 bridgehead atoms. The van der Waals surface area contributed by atoms with Gasteiger partial charge in [0.15, 0.2) is 0 Å². The van der Waals surface area contributed by atoms with Crippen LogP contribution in [0.2, 0.25) is 0 Å². The third-order valence-electron chi connectivity index (χ3n) is 4.46. The maximum atomic E-state index is 12.1. The minimum atomic E-state index is -0.826. The lowest BCUT2D eigenvalue weighted by Gasteiger charge is -2.15. The molecule has 0 radical (unpaired) electrons. The Balaban J connectivity index is 2.17. The molecule has 0 heterocycles. The van der Waals surface area contributed by atoms with Crippen molar-refractivity contribution in [3.8, 4) is 0 Å². The summed E-state index contributed by atoms with van der Waals surface area (Å²) in [5.74, 6) is -0.619. The van der Waals surface area contributed by atoms with Crippen LogP contribution in [0.4, 0.5) is 0 Å². The number of hydrogen-bond acceptors (Lipinski definition) is 2. The Labute approximate surface area is 128 Å². The Morgan fingerprint density at radius 3 is 2.33 bits per heavy atom. The van der Waals surface area contributed by atoms with E-state index >= 15 is 0 Å². The molecule has 2 N–H and O–H groups in total. The molecular formula is C17H31NO3. The van der Waals surface area contributed by atoms with Crippen LogP contribution < -0.4 is 5.32 Å². The molecule has 4 nitrogen and oxygen atoms in total. The lowest BCUT2D eigenvalue weighted by molar-refractivity contribution is -0.146. The Hall–Kier alpha value is -1.06. The number of unbranched alkanes of at least 4 members (excludes halogenated alkanes) is 3. The van der Waals surface area contributed by atoms with Crippen LogP contribution >= 0.6 is 0 Å². The highest BCUT2D eigenvalue weighted by Crippen LogP contribution is 2.36. The molecule has 1 saturated carbocycles. The lowest BCUT2D eigenvalue weighted by atomic mass is 9.95. The molecule has 0 saturated heterocycles. The van der Waals surface area contributed by atoms with E-state index in [0.29, 0.717) is 25.3 Å². The molecular weight excluding hydrogens is 266 g/mol. The summed E-state index contributed by atoms with van der Waals surface area (Å²) in [6, 6.07) is 0. The van der Waals surface area contributed by atoms with E-state index in [4.69, 9.17) is 0 Å². The Morgan fingerprint density at radius 1 is 1.10 bits per heavy atom. The van der Waals surface area contributed by atoms with Gasteiger partial charge in [-0.1, -0.05) is 46.5 Å². The Morgan fingerprint density at radius 2 is 1.71 bits per heavy atom. The van der Waals surface area contributed by atoms with Crippen LogP contribution in [-0.4, -0.2) is 23.5 Å². The molecule has 1 fully saturated rings. The Bertz CT molecular complexity index is 341. The van der Waals surface area contributed by atoms with E-state index in [2.05, 4.69) is 19.2 Å². The molecule has 21 heavy (non-hydrogen) atoms. The number of amides is 1. The van der Waals surface area contributed by atoms with Gasteiger partial charge in [-0.05, 0) is 31.1 Å². The van der Waals surface area contributed by atoms with E-state index in [1.807, 2.05) is 6.92 Å². The molecule has 1 amide bonds. The second kappa shape index (κ2) is 9.06. The molecule has 0 aromatic heterocycles. The summed E-state index contributed by atoms with van der Waals surface area (Å²) in [6.45, 7) is 7.18. The molecule has 1 rings (SSSR count). The second-order valence-corrected chi connectivity index (χ2v) is 7.02. The van der Waals surface area contributed by atoms with Gasteiger partial charge in [-0.2, -0.15) is 0 Å². The van der Waals surface area contributed by atoms with Crippen molar-refractivity contribution in [1.82, 2.24) is 5.32 Å². The molecule has 0 aromatic carbocycles. The molecule has 0 aromatic rings. The molecule has 1 unspecified atom stereocenters. The highest BCUT2D eigenvalue weighted by molar-refractivity contribution is 5.85. The minimum absolute atomic E-state index is 0.0612. The SMILES string of the molecule is CC(C)CCCCCCNC(=O)[C@H]1CC(C)C[C@H]1C(=O)O. The number of carboxylic acids is 1. The maximum absolute atomic E-state index is 12.1. The van der Waals surface area contributed by atoms with Crippen LogP contribution in [0, 0.1) is 23.7 Å². The molecule has 1 aliphatic rings. The van der Waals surface area contributed by atoms with E-state index in [1.54, 1.807) is 0 Å². The number of aliphatic carboxylic acids is 1. The van der Waals surface area contributed by atoms with E-state index in [9.17, 15) is 14.7 Å². The van der Waals surface area contributed by atoms with Crippen molar-refractivity contribution in [2.45, 2.75) is 65.7 Å². The van der Waals surface area contributed by atoms with Crippen molar-refractivity contribution >= 4 is 11.9 Å². The zero-order chi connectivity index (χ0) is 15.8. The summed E-state index contributed by atoms with van der Waals surface area (Å²) in [6.07, 6.45) is 7.20. The van der Waals surface area contributed by atoms with E-state index < -0.39 is 11.9 Å². The number of carboxylic acid groups (broad SMARTS) is 1. The standard InChI is InChI=1S/C17H31NO3/c1-12(2)8-6-4-5-7-9-18-16(19)14-10-13(3)11-15(14)17(20)21/h12-15H,4-11H2,1-3H3,(H,18,19)(H,20,21)/t13?,14-,15+/m0/s1. The van der Waals surface area contributed by atoms with Crippen molar-refractivity contribution < 1.29 is 14.7 Å². The molecule has 0 spiro atoms. The molecule has 1 aliphatic carbocycles. The molecule has 3 atom stereocenters. The Kier molecular flexibility index (Phi) is 7.76. The number of carbonyl (C=O) groups excluding carboxylic acids is 1. The zero-order valence-electron chi connectivity index (χ0n) is 13.7. The van der Waals surface area contributed by atoms with Crippen molar-refractivity contribution in [3.05, 3.63) is 0 Å². The topological polar surface area (TPSA) is 66.4 Å². The molecule has 4 heteroatoms. The summed E-state index contributed by atoms with van der Waals surface area (Å²) in [5, 5.41) is 12.1. The fraction of sp³-hybridized carbons (Fsp3) is 0.882. The van der Waals surface area contributed by atoms with Crippen LogP contribution in [0.25, 0.3) is 0 Å². The third-order valence-corrected chi connectivity index (χ3v) is 4.46. The van der Waals surface area contributed by atoms with E-state index in [1.165, 1.54) is 19.3 Å². The second-order valence-electron chi connectivity index (χ2n) is 7.02. The van der Waals surface area contributed by atoms with Gasteiger partial charge in [-0.15, -0.1) is 0 Å². The van der Waals surface area contributed by atoms with Gasteiger partial charge in [-0.25, -0.2) is 0 Å². The summed E-state index contributed by atoms with van der Waals surface area (Å²) in [4.78, 5) is 23.3. The summed E-state index contributed by atoms with van der Waals surface area (Å²) in [7, 11) is 0. The fourth-order valence-electron chi connectivity index (χ4n) is 3.23. The molecule has 122 valence electrons. The maximum Gasteiger partial charge on any atom is 0.307 e. The monoisotopic (exact) mass is 297 g/mol. The van der Waals surface area contributed by atoms with Gasteiger partial charge >= 0.3 is 5.97 Å². The van der Waals surface area contributed by atoms with Gasteiger partial charge in [0.25, 0.3) is 0 Å². The van der Waals surface area contributed by atoms with Gasteiger partial charge in [0, 0.05) is 6.54 Å². The number of carbonyl (C=O) groups is 2. The average molecular weight is 297 g/mol. The number of rotatable bonds is 9. The fourth-order valence-corrected chi connectivity index (χ4v) is 3.23. The van der Waals surface area contributed by atoms with Crippen LogP contribution in [0.15, 0.2) is 0 Å². The van der Waals surface area contributed by atoms with Gasteiger partial charge < -0.3 is 10.4 Å². The third kappa shape index (κ3) is 6.49. The largest absolute Gasteiger partial charge is 0.481 e. The van der Waals surface area contributed by atoms with Crippen LogP contribution in [0.5, 0.6) is 0 Å². The summed E-state index contributed by atoms with van der Waals surface area (Å²) in [5.41, 5.74) is 0. The minimum Gasteiger partial charge on any atom is -0.481 e. The van der Waals surface area contributed by atoms with E-state index in [-0.39, 0.29) is 11.8 Å². The first-order valence-corrected chi connectivity index (χ1v) is 8.42. The van der Waals surface area contributed by atoms with Crippen LogP contribution in [0.3, 0.4) is 0 Å². The van der Waals surface area contributed by atoms with Crippen molar-refractivity contribution in [1.29, 1.82) is 0 Å². The summed E-state index contributed by atoms with van der Waals surface area (Å²) >= 11 is 0. The van der Waals surface area contributed by atoms with Gasteiger partial charge in [0.05, 0.1) is 11.8 Å². The highest BCUT2D eigenvalue weighted by atomic mass is 16.4. The van der Waals surface area contributed by atoms with Crippen molar-refractivity contribution in [2.75, 3.05) is 6.54 Å². The van der Waals surface area contributed by atoms with Crippen molar-refractivity contribution in [3.63, 3.8) is 0 Å². The number of nitrogens with one attached hydrogen (secondary N) is 1. The van der Waals surface area contributed by atoms with Crippen LogP contribution in [-0.2, 0) is 9.59 Å². The predicted octanol–water partition coefficient (Wildman–Crippen LogP) is 3.46. The first kappa shape index (κ1) is 18.0. The van der Waals surface area contributed by atoms with Gasteiger partial charge in [-0.3, -0.25) is 9.59 Å². The zero-order valence-corrected chi connectivity index (χ0v) is 13.7. The first-order chi connectivity index (χ1) is 9.91. The van der Waals surface area contributed by atoms with Crippen molar-refractivity contribution in [2.24, 2.45) is 23.7 Å². The average Bonchev–Trinajstić information content (AvgIpc) is 2.79. The van der Waals surface area contributed by atoms with E-state index in [0.717, 1.165) is 18.8 Å². The predicted molar refractivity (Wildman–Crippen MR) is 83.9 cm³/mol. The first-order valence-electron chi connectivity index (χ1n) is 8.42. The smallest absolute Gasteiger partial charge is 0.307 e. The van der Waals surface area contributed by atoms with Gasteiger partial charge in [0.2, 0.25) is 5.91 Å². The molecule has 0 aliphatic heterocycles. The van der Waals surface area contributed by atoms with Gasteiger partial charge in [0.1, 0.15) is 0 Å². The quantitative estimate of drug-likeness (QED) is 0.640. The van der Waals surface area contributed by atoms with Crippen LogP contribution in [0.1, 0.15) is 65.7 Å². The normalized spacial score (nSPS) is 25.2.